The lowest BCUT2D eigenvalue weighted by molar-refractivity contribution is -0.122. The van der Waals surface area contributed by atoms with Gasteiger partial charge in [-0.2, -0.15) is 0 Å². The van der Waals surface area contributed by atoms with Crippen LogP contribution >= 0.6 is 11.6 Å². The maximum Gasteiger partial charge on any atom is 0.244 e. The highest BCUT2D eigenvalue weighted by molar-refractivity contribution is 6.32. The largest absolute Gasteiger partial charge is 0.368 e. The number of amides is 2. The zero-order chi connectivity index (χ0) is 12.0. The minimum absolute atomic E-state index is 0.175. The monoisotopic (exact) mass is 238 g/mol. The van der Waals surface area contributed by atoms with Crippen molar-refractivity contribution in [1.29, 1.82) is 0 Å². The highest BCUT2D eigenvalue weighted by Gasteiger charge is 1.98. The zero-order valence-electron chi connectivity index (χ0n) is 8.44. The first-order chi connectivity index (χ1) is 7.59. The van der Waals surface area contributed by atoms with Crippen LogP contribution in [0.1, 0.15) is 5.56 Å². The molecule has 0 bridgehead atoms. The van der Waals surface area contributed by atoms with E-state index in [4.69, 9.17) is 17.3 Å². The second-order valence-corrected chi connectivity index (χ2v) is 3.45. The molecular weight excluding hydrogens is 228 g/mol. The Labute approximate surface area is 98.1 Å². The van der Waals surface area contributed by atoms with E-state index < -0.39 is 11.8 Å². The predicted octanol–water partition coefficient (Wildman–Crippen LogP) is 0.955. The number of benzene rings is 1. The van der Waals surface area contributed by atoms with Gasteiger partial charge in [-0.3, -0.25) is 9.59 Å². The summed E-state index contributed by atoms with van der Waals surface area (Å²) in [7, 11) is 0. The first-order valence-electron chi connectivity index (χ1n) is 4.58. The Balaban J connectivity index is 2.57. The fourth-order valence-electron chi connectivity index (χ4n) is 1.01. The number of primary amides is 1. The van der Waals surface area contributed by atoms with Gasteiger partial charge in [-0.25, -0.2) is 0 Å². The van der Waals surface area contributed by atoms with Crippen LogP contribution in [0, 0.1) is 0 Å². The molecule has 0 radical (unpaired) electrons. The lowest BCUT2D eigenvalue weighted by Gasteiger charge is -1.98. The fourth-order valence-corrected chi connectivity index (χ4v) is 1.21. The van der Waals surface area contributed by atoms with Crippen LogP contribution in [0.25, 0.3) is 6.08 Å². The summed E-state index contributed by atoms with van der Waals surface area (Å²) in [5, 5.41) is 2.89. The third-order valence-electron chi connectivity index (χ3n) is 1.76. The number of hydrogen-bond donors (Lipinski definition) is 2. The van der Waals surface area contributed by atoms with Crippen LogP contribution in [0.15, 0.2) is 30.3 Å². The molecule has 5 heteroatoms. The third kappa shape index (κ3) is 4.14. The van der Waals surface area contributed by atoms with Gasteiger partial charge >= 0.3 is 0 Å². The van der Waals surface area contributed by atoms with E-state index >= 15 is 0 Å². The Bertz CT molecular complexity index is 430. The van der Waals surface area contributed by atoms with Gasteiger partial charge in [0.1, 0.15) is 0 Å². The van der Waals surface area contributed by atoms with Gasteiger partial charge in [-0.1, -0.05) is 29.8 Å². The van der Waals surface area contributed by atoms with Crippen molar-refractivity contribution in [2.45, 2.75) is 0 Å². The molecule has 0 saturated carbocycles. The summed E-state index contributed by atoms with van der Waals surface area (Å²) >= 11 is 5.88. The van der Waals surface area contributed by atoms with Gasteiger partial charge in [0.2, 0.25) is 11.8 Å². The Morgan fingerprint density at radius 2 is 2.06 bits per heavy atom. The number of carbonyl (C=O) groups is 2. The molecule has 0 heterocycles. The number of nitrogens with two attached hydrogens (primary N) is 1. The molecule has 1 rings (SSSR count). The average Bonchev–Trinajstić information content (AvgIpc) is 2.25. The fraction of sp³-hybridized carbons (Fsp3) is 0.0909. The van der Waals surface area contributed by atoms with Crippen LogP contribution in [0.3, 0.4) is 0 Å². The van der Waals surface area contributed by atoms with Gasteiger partial charge in [-0.05, 0) is 17.7 Å². The number of halogens is 1. The van der Waals surface area contributed by atoms with Gasteiger partial charge in [-0.15, -0.1) is 0 Å². The topological polar surface area (TPSA) is 72.2 Å². The van der Waals surface area contributed by atoms with Crippen molar-refractivity contribution in [1.82, 2.24) is 5.32 Å². The summed E-state index contributed by atoms with van der Waals surface area (Å²) in [5.74, 6) is -0.974. The van der Waals surface area contributed by atoms with Crippen LogP contribution in [0.5, 0.6) is 0 Å². The Morgan fingerprint density at radius 1 is 1.38 bits per heavy atom. The lowest BCUT2D eigenvalue weighted by atomic mass is 10.2. The number of nitrogens with one attached hydrogen (secondary N) is 1. The van der Waals surface area contributed by atoms with Crippen LogP contribution in [0.4, 0.5) is 0 Å². The van der Waals surface area contributed by atoms with Crippen molar-refractivity contribution < 1.29 is 9.59 Å². The van der Waals surface area contributed by atoms with Crippen LogP contribution in [-0.2, 0) is 9.59 Å². The zero-order valence-corrected chi connectivity index (χ0v) is 9.20. The third-order valence-corrected chi connectivity index (χ3v) is 2.10. The van der Waals surface area contributed by atoms with E-state index in [2.05, 4.69) is 5.32 Å². The van der Waals surface area contributed by atoms with Crippen molar-refractivity contribution in [2.24, 2.45) is 5.73 Å². The van der Waals surface area contributed by atoms with Crippen LogP contribution in [-0.4, -0.2) is 18.4 Å². The van der Waals surface area contributed by atoms with Crippen molar-refractivity contribution in [2.75, 3.05) is 6.54 Å². The molecule has 0 saturated heterocycles. The number of hydrogen-bond acceptors (Lipinski definition) is 2. The minimum atomic E-state index is -0.584. The Hall–Kier alpha value is -1.81. The highest BCUT2D eigenvalue weighted by Crippen LogP contribution is 2.15. The molecule has 4 nitrogen and oxygen atoms in total. The van der Waals surface area contributed by atoms with E-state index in [0.717, 1.165) is 5.56 Å². The molecule has 0 aliphatic rings. The Kier molecular flexibility index (Phi) is 4.54. The summed E-state index contributed by atoms with van der Waals surface area (Å²) in [6, 6.07) is 7.11. The smallest absolute Gasteiger partial charge is 0.244 e. The summed E-state index contributed by atoms with van der Waals surface area (Å²) in [6.45, 7) is -0.175. The van der Waals surface area contributed by atoms with E-state index in [0.29, 0.717) is 5.02 Å². The molecule has 84 valence electrons. The van der Waals surface area contributed by atoms with Crippen molar-refractivity contribution >= 4 is 29.5 Å². The molecule has 0 aromatic heterocycles. The first kappa shape index (κ1) is 12.3. The van der Waals surface area contributed by atoms with E-state index in [1.165, 1.54) is 6.08 Å². The second-order valence-electron chi connectivity index (χ2n) is 3.04. The molecule has 16 heavy (non-hydrogen) atoms. The van der Waals surface area contributed by atoms with E-state index in [1.54, 1.807) is 24.3 Å². The summed E-state index contributed by atoms with van der Waals surface area (Å²) in [4.78, 5) is 21.6. The van der Waals surface area contributed by atoms with Gasteiger partial charge in [0.05, 0.1) is 6.54 Å². The maximum atomic E-state index is 11.2. The minimum Gasteiger partial charge on any atom is -0.368 e. The van der Waals surface area contributed by atoms with E-state index in [9.17, 15) is 9.59 Å². The second kappa shape index (κ2) is 5.92. The van der Waals surface area contributed by atoms with Gasteiger partial charge in [0.25, 0.3) is 0 Å². The molecule has 3 N–H and O–H groups in total. The molecule has 0 aliphatic carbocycles. The van der Waals surface area contributed by atoms with Crippen molar-refractivity contribution in [3.05, 3.63) is 40.9 Å². The molecule has 0 fully saturated rings. The van der Waals surface area contributed by atoms with Crippen LogP contribution < -0.4 is 11.1 Å². The quantitative estimate of drug-likeness (QED) is 0.767. The normalized spacial score (nSPS) is 10.3. The van der Waals surface area contributed by atoms with Gasteiger partial charge in [0.15, 0.2) is 0 Å². The van der Waals surface area contributed by atoms with E-state index in [1.807, 2.05) is 6.07 Å². The summed E-state index contributed by atoms with van der Waals surface area (Å²) in [5.41, 5.74) is 5.61. The molecular formula is C11H11ClN2O2. The van der Waals surface area contributed by atoms with E-state index in [-0.39, 0.29) is 6.54 Å². The van der Waals surface area contributed by atoms with Crippen LogP contribution in [0.2, 0.25) is 5.02 Å². The maximum absolute atomic E-state index is 11.2. The molecule has 2 amide bonds. The van der Waals surface area contributed by atoms with Crippen molar-refractivity contribution in [3.8, 4) is 0 Å². The predicted molar refractivity (Wildman–Crippen MR) is 62.7 cm³/mol. The molecule has 0 atom stereocenters. The standard InChI is InChI=1S/C11H11ClN2O2/c12-9-4-2-1-3-8(9)5-6-11(16)14-7-10(13)15/h1-6H,7H2,(H2,13,15)(H,14,16). The van der Waals surface area contributed by atoms with Crippen molar-refractivity contribution in [3.63, 3.8) is 0 Å². The highest BCUT2D eigenvalue weighted by atomic mass is 35.5. The average molecular weight is 239 g/mol. The molecule has 0 unspecified atom stereocenters. The summed E-state index contributed by atoms with van der Waals surface area (Å²) < 4.78 is 0. The SMILES string of the molecule is NC(=O)CNC(=O)C=Cc1ccccc1Cl. The molecule has 0 aliphatic heterocycles. The number of rotatable bonds is 4. The lowest BCUT2D eigenvalue weighted by Crippen LogP contribution is -2.32. The molecule has 1 aromatic rings. The number of carbonyl (C=O) groups excluding carboxylic acids is 2. The molecule has 0 spiro atoms. The Morgan fingerprint density at radius 3 is 2.69 bits per heavy atom. The first-order valence-corrected chi connectivity index (χ1v) is 4.96. The molecule has 1 aromatic carbocycles. The van der Waals surface area contributed by atoms with Gasteiger partial charge < -0.3 is 11.1 Å². The summed E-state index contributed by atoms with van der Waals surface area (Å²) in [6.07, 6.45) is 2.86. The van der Waals surface area contributed by atoms with Gasteiger partial charge in [0, 0.05) is 11.1 Å².